The van der Waals surface area contributed by atoms with Crippen LogP contribution < -0.4 is 5.32 Å². The van der Waals surface area contributed by atoms with Crippen LogP contribution in [0.25, 0.3) is 0 Å². The molecular weight excluding hydrogens is 236 g/mol. The molecule has 1 aliphatic rings. The van der Waals surface area contributed by atoms with Gasteiger partial charge in [-0.05, 0) is 24.7 Å². The predicted octanol–water partition coefficient (Wildman–Crippen LogP) is 3.54. The summed E-state index contributed by atoms with van der Waals surface area (Å²) in [5.74, 6) is 0.304. The van der Waals surface area contributed by atoms with Crippen molar-refractivity contribution in [3.63, 3.8) is 0 Å². The molecule has 0 aromatic heterocycles. The molecule has 1 rings (SSSR count). The first kappa shape index (κ1) is 16.5. The van der Waals surface area contributed by atoms with Crippen molar-refractivity contribution < 1.29 is 4.79 Å². The highest BCUT2D eigenvalue weighted by Gasteiger charge is 2.39. The van der Waals surface area contributed by atoms with Gasteiger partial charge in [-0.25, -0.2) is 0 Å². The summed E-state index contributed by atoms with van der Waals surface area (Å²) in [6, 6.07) is 0.0383. The van der Waals surface area contributed by atoms with Gasteiger partial charge in [0.05, 0.1) is 12.2 Å². The van der Waals surface area contributed by atoms with E-state index in [1.54, 1.807) is 0 Å². The summed E-state index contributed by atoms with van der Waals surface area (Å²) >= 11 is 0. The van der Waals surface area contributed by atoms with Crippen LogP contribution in [0, 0.1) is 5.41 Å². The van der Waals surface area contributed by atoms with Crippen LogP contribution in [-0.2, 0) is 4.79 Å². The molecule has 0 aromatic rings. The van der Waals surface area contributed by atoms with Crippen LogP contribution in [0.2, 0.25) is 0 Å². The summed E-state index contributed by atoms with van der Waals surface area (Å²) in [7, 11) is 0. The molecule has 0 aromatic carbocycles. The maximum atomic E-state index is 12.4. The molecule has 3 heteroatoms. The fourth-order valence-electron chi connectivity index (χ4n) is 2.96. The number of nitrogens with zero attached hydrogens (tertiary/aromatic N) is 1. The molecule has 0 aliphatic carbocycles. The Morgan fingerprint density at radius 2 is 1.84 bits per heavy atom. The second kappa shape index (κ2) is 7.28. The third kappa shape index (κ3) is 4.48. The molecular formula is C16H32N2O. The quantitative estimate of drug-likeness (QED) is 0.683. The first-order valence-corrected chi connectivity index (χ1v) is 8.01. The van der Waals surface area contributed by atoms with Crippen molar-refractivity contribution in [1.82, 2.24) is 10.2 Å². The number of nitrogens with one attached hydrogen (secondary N) is 1. The lowest BCUT2D eigenvalue weighted by Crippen LogP contribution is -2.42. The maximum Gasteiger partial charge on any atom is 0.241 e. The van der Waals surface area contributed by atoms with Crippen LogP contribution in [0.1, 0.15) is 73.1 Å². The van der Waals surface area contributed by atoms with E-state index in [2.05, 4.69) is 44.8 Å². The molecule has 0 bridgehead atoms. The molecule has 1 amide bonds. The molecule has 0 spiro atoms. The van der Waals surface area contributed by atoms with Gasteiger partial charge < -0.3 is 4.90 Å². The summed E-state index contributed by atoms with van der Waals surface area (Å²) < 4.78 is 0. The zero-order valence-electron chi connectivity index (χ0n) is 13.5. The van der Waals surface area contributed by atoms with Gasteiger partial charge in [0.2, 0.25) is 5.91 Å². The van der Waals surface area contributed by atoms with Crippen LogP contribution in [-0.4, -0.2) is 29.6 Å². The van der Waals surface area contributed by atoms with Crippen molar-refractivity contribution in [3.05, 3.63) is 0 Å². The molecule has 0 saturated carbocycles. The van der Waals surface area contributed by atoms with Crippen LogP contribution in [0.5, 0.6) is 0 Å². The summed E-state index contributed by atoms with van der Waals surface area (Å²) in [6.45, 7) is 11.9. The third-order valence-corrected chi connectivity index (χ3v) is 4.20. The Morgan fingerprint density at radius 3 is 2.37 bits per heavy atom. The van der Waals surface area contributed by atoms with E-state index in [-0.39, 0.29) is 17.6 Å². The van der Waals surface area contributed by atoms with E-state index in [4.69, 9.17) is 0 Å². The van der Waals surface area contributed by atoms with Crippen molar-refractivity contribution in [2.45, 2.75) is 85.4 Å². The van der Waals surface area contributed by atoms with Crippen LogP contribution in [0.15, 0.2) is 0 Å². The summed E-state index contributed by atoms with van der Waals surface area (Å²) in [5.41, 5.74) is 0.225. The summed E-state index contributed by atoms with van der Waals surface area (Å²) in [6.07, 6.45) is 7.16. The number of amides is 1. The number of hydrogen-bond donors (Lipinski definition) is 1. The van der Waals surface area contributed by atoms with Crippen molar-refractivity contribution in [3.8, 4) is 0 Å². The second-order valence-electron chi connectivity index (χ2n) is 6.64. The highest BCUT2D eigenvalue weighted by Crippen LogP contribution is 2.28. The Balaban J connectivity index is 2.59. The standard InChI is InChI=1S/C16H32N2O/c1-6-9-10-11-16(4,5)12-18-14(8-3)17-13(7-2)15(18)19/h13-14,17H,6-12H2,1-5H3. The molecule has 1 fully saturated rings. The number of hydrogen-bond acceptors (Lipinski definition) is 2. The van der Waals surface area contributed by atoms with Gasteiger partial charge in [0, 0.05) is 6.54 Å². The minimum atomic E-state index is 0.0383. The maximum absolute atomic E-state index is 12.4. The van der Waals surface area contributed by atoms with Gasteiger partial charge in [0.15, 0.2) is 0 Å². The zero-order chi connectivity index (χ0) is 14.5. The third-order valence-electron chi connectivity index (χ3n) is 4.20. The molecule has 112 valence electrons. The minimum absolute atomic E-state index is 0.0383. The Hall–Kier alpha value is -0.570. The van der Waals surface area contributed by atoms with Gasteiger partial charge in [0.1, 0.15) is 0 Å². The molecule has 3 nitrogen and oxygen atoms in total. The van der Waals surface area contributed by atoms with E-state index in [0.717, 1.165) is 19.4 Å². The van der Waals surface area contributed by atoms with Crippen LogP contribution >= 0.6 is 0 Å². The van der Waals surface area contributed by atoms with Crippen molar-refractivity contribution in [2.24, 2.45) is 5.41 Å². The van der Waals surface area contributed by atoms with E-state index in [9.17, 15) is 4.79 Å². The number of carbonyl (C=O) groups is 1. The molecule has 2 atom stereocenters. The smallest absolute Gasteiger partial charge is 0.241 e. The fraction of sp³-hybridized carbons (Fsp3) is 0.938. The van der Waals surface area contributed by atoms with Crippen molar-refractivity contribution >= 4 is 5.91 Å². The van der Waals surface area contributed by atoms with E-state index in [1.165, 1.54) is 25.7 Å². The highest BCUT2D eigenvalue weighted by molar-refractivity contribution is 5.84. The average molecular weight is 268 g/mol. The fourth-order valence-corrected chi connectivity index (χ4v) is 2.96. The predicted molar refractivity (Wildman–Crippen MR) is 80.9 cm³/mol. The molecule has 0 radical (unpaired) electrons. The lowest BCUT2D eigenvalue weighted by atomic mass is 9.86. The van der Waals surface area contributed by atoms with E-state index >= 15 is 0 Å². The summed E-state index contributed by atoms with van der Waals surface area (Å²) in [5, 5.41) is 3.46. The van der Waals surface area contributed by atoms with Gasteiger partial charge in [-0.15, -0.1) is 0 Å². The van der Waals surface area contributed by atoms with Gasteiger partial charge in [-0.2, -0.15) is 0 Å². The Morgan fingerprint density at radius 1 is 1.16 bits per heavy atom. The number of rotatable bonds is 8. The largest absolute Gasteiger partial charge is 0.325 e. The SMILES string of the molecule is CCCCCC(C)(C)CN1C(=O)C(CC)NC1CC. The van der Waals surface area contributed by atoms with Crippen LogP contribution in [0.3, 0.4) is 0 Å². The van der Waals surface area contributed by atoms with Gasteiger partial charge in [-0.1, -0.05) is 53.9 Å². The molecule has 2 unspecified atom stereocenters. The monoisotopic (exact) mass is 268 g/mol. The van der Waals surface area contributed by atoms with Crippen molar-refractivity contribution in [2.75, 3.05) is 6.54 Å². The topological polar surface area (TPSA) is 32.3 Å². The lowest BCUT2D eigenvalue weighted by Gasteiger charge is -2.33. The molecule has 1 N–H and O–H groups in total. The van der Waals surface area contributed by atoms with Crippen LogP contribution in [0.4, 0.5) is 0 Å². The first-order valence-electron chi connectivity index (χ1n) is 8.01. The van der Waals surface area contributed by atoms with Gasteiger partial charge in [-0.3, -0.25) is 10.1 Å². The van der Waals surface area contributed by atoms with Crippen molar-refractivity contribution in [1.29, 1.82) is 0 Å². The first-order chi connectivity index (χ1) is 8.95. The van der Waals surface area contributed by atoms with E-state index in [0.29, 0.717) is 5.91 Å². The van der Waals surface area contributed by atoms with E-state index < -0.39 is 0 Å². The van der Waals surface area contributed by atoms with Gasteiger partial charge in [0.25, 0.3) is 0 Å². The summed E-state index contributed by atoms with van der Waals surface area (Å²) in [4.78, 5) is 14.5. The second-order valence-corrected chi connectivity index (χ2v) is 6.64. The Labute approximate surface area is 119 Å². The number of carbonyl (C=O) groups excluding carboxylic acids is 1. The van der Waals surface area contributed by atoms with Gasteiger partial charge >= 0.3 is 0 Å². The molecule has 1 saturated heterocycles. The zero-order valence-corrected chi connectivity index (χ0v) is 13.5. The number of unbranched alkanes of at least 4 members (excludes halogenated alkanes) is 2. The Bertz CT molecular complexity index is 288. The average Bonchev–Trinajstić information content (AvgIpc) is 2.66. The normalized spacial score (nSPS) is 24.3. The highest BCUT2D eigenvalue weighted by atomic mass is 16.2. The molecule has 1 heterocycles. The van der Waals surface area contributed by atoms with E-state index in [1.807, 2.05) is 0 Å². The lowest BCUT2D eigenvalue weighted by molar-refractivity contribution is -0.131. The molecule has 19 heavy (non-hydrogen) atoms. The minimum Gasteiger partial charge on any atom is -0.325 e. The molecule has 1 aliphatic heterocycles. The Kier molecular flexibility index (Phi) is 6.31.